The molecule has 1 aliphatic heterocycles. The molecular weight excluding hydrogens is 257 g/mol. The zero-order valence-electron chi connectivity index (χ0n) is 12.1. The summed E-state index contributed by atoms with van der Waals surface area (Å²) in [5.41, 5.74) is 5.93. The maximum absolute atomic E-state index is 13.0. The molecule has 2 atom stereocenters. The van der Waals surface area contributed by atoms with Gasteiger partial charge in [0.1, 0.15) is 6.17 Å². The van der Waals surface area contributed by atoms with Gasteiger partial charge in [-0.1, -0.05) is 19.3 Å². The van der Waals surface area contributed by atoms with Crippen molar-refractivity contribution in [1.82, 2.24) is 10.6 Å². The number of hydrogen-bond acceptors (Lipinski definition) is 3. The fraction of sp³-hybridized carbons (Fsp3) is 0.933. The summed E-state index contributed by atoms with van der Waals surface area (Å²) in [4.78, 5) is 12.3. The monoisotopic (exact) mass is 283 g/mol. The molecule has 1 saturated heterocycles. The van der Waals surface area contributed by atoms with E-state index < -0.39 is 11.7 Å². The van der Waals surface area contributed by atoms with Crippen LogP contribution in [0.3, 0.4) is 0 Å². The molecule has 0 radical (unpaired) electrons. The van der Waals surface area contributed by atoms with Crippen LogP contribution in [0.25, 0.3) is 0 Å². The van der Waals surface area contributed by atoms with Crippen molar-refractivity contribution < 1.29 is 9.18 Å². The van der Waals surface area contributed by atoms with E-state index in [0.29, 0.717) is 24.9 Å². The minimum absolute atomic E-state index is 0.0437. The van der Waals surface area contributed by atoms with Gasteiger partial charge in [0.05, 0.1) is 5.54 Å². The van der Waals surface area contributed by atoms with E-state index in [1.165, 1.54) is 32.1 Å². The first-order chi connectivity index (χ1) is 9.51. The number of halogens is 1. The van der Waals surface area contributed by atoms with Gasteiger partial charge in [-0.05, 0) is 37.5 Å². The molecule has 3 rings (SSSR count). The number of nitrogens with one attached hydrogen (secondary N) is 2. The van der Waals surface area contributed by atoms with Crippen LogP contribution in [0.4, 0.5) is 4.39 Å². The molecule has 1 amide bonds. The Balaban J connectivity index is 1.46. The largest absolute Gasteiger partial charge is 0.353 e. The Morgan fingerprint density at radius 3 is 2.60 bits per heavy atom. The average molecular weight is 283 g/mol. The molecule has 20 heavy (non-hydrogen) atoms. The van der Waals surface area contributed by atoms with Gasteiger partial charge in [0.2, 0.25) is 5.91 Å². The number of hydrogen-bond donors (Lipinski definition) is 3. The van der Waals surface area contributed by atoms with Crippen molar-refractivity contribution in [3.8, 4) is 0 Å². The molecule has 114 valence electrons. The molecule has 2 saturated carbocycles. The van der Waals surface area contributed by atoms with Crippen molar-refractivity contribution in [2.75, 3.05) is 13.1 Å². The van der Waals surface area contributed by atoms with Crippen LogP contribution in [-0.4, -0.2) is 36.7 Å². The van der Waals surface area contributed by atoms with Crippen molar-refractivity contribution >= 4 is 5.91 Å². The fourth-order valence-corrected chi connectivity index (χ4v) is 4.42. The number of rotatable bonds is 3. The van der Waals surface area contributed by atoms with Gasteiger partial charge in [0.25, 0.3) is 0 Å². The topological polar surface area (TPSA) is 67.2 Å². The van der Waals surface area contributed by atoms with Crippen molar-refractivity contribution in [2.24, 2.45) is 11.1 Å². The van der Waals surface area contributed by atoms with Gasteiger partial charge in [-0.3, -0.25) is 4.79 Å². The molecule has 2 aliphatic carbocycles. The maximum Gasteiger partial charge on any atom is 0.240 e. The molecule has 0 unspecified atom stereocenters. The second kappa shape index (κ2) is 5.26. The second-order valence-electron chi connectivity index (χ2n) is 7.22. The van der Waals surface area contributed by atoms with Crippen molar-refractivity contribution in [3.05, 3.63) is 0 Å². The van der Waals surface area contributed by atoms with E-state index in [4.69, 9.17) is 5.73 Å². The summed E-state index contributed by atoms with van der Waals surface area (Å²) in [5.74, 6) is -0.0437. The highest BCUT2D eigenvalue weighted by Gasteiger charge is 2.56. The van der Waals surface area contributed by atoms with Gasteiger partial charge >= 0.3 is 0 Å². The lowest BCUT2D eigenvalue weighted by molar-refractivity contribution is -0.137. The molecule has 1 heterocycles. The molecule has 4 nitrogen and oxygen atoms in total. The van der Waals surface area contributed by atoms with E-state index in [2.05, 4.69) is 10.6 Å². The molecule has 1 spiro atoms. The zero-order valence-corrected chi connectivity index (χ0v) is 12.1. The third-order valence-corrected chi connectivity index (χ3v) is 5.42. The van der Waals surface area contributed by atoms with E-state index >= 15 is 0 Å². The summed E-state index contributed by atoms with van der Waals surface area (Å²) in [6, 6.07) is 0.0567. The van der Waals surface area contributed by atoms with Gasteiger partial charge in [0.15, 0.2) is 0 Å². The SMILES string of the molecule is NC1(C(=O)NC[C@@H]2C[C@H](F)CN2)CC2(CCCCC2)C1. The number of carbonyl (C=O) groups excluding carboxylic acids is 1. The Labute approximate surface area is 120 Å². The minimum atomic E-state index is -0.780. The van der Waals surface area contributed by atoms with Gasteiger partial charge in [-0.25, -0.2) is 4.39 Å². The summed E-state index contributed by atoms with van der Waals surface area (Å²) >= 11 is 0. The van der Waals surface area contributed by atoms with Crippen molar-refractivity contribution in [1.29, 1.82) is 0 Å². The predicted molar refractivity (Wildman–Crippen MR) is 76.0 cm³/mol. The van der Waals surface area contributed by atoms with Crippen LogP contribution in [0.5, 0.6) is 0 Å². The van der Waals surface area contributed by atoms with Gasteiger partial charge in [-0.2, -0.15) is 0 Å². The Morgan fingerprint density at radius 2 is 2.00 bits per heavy atom. The molecule has 3 fully saturated rings. The van der Waals surface area contributed by atoms with Crippen LogP contribution in [0.2, 0.25) is 0 Å². The van der Waals surface area contributed by atoms with Crippen LogP contribution in [0, 0.1) is 5.41 Å². The van der Waals surface area contributed by atoms with Crippen molar-refractivity contribution in [3.63, 3.8) is 0 Å². The zero-order chi connectivity index (χ0) is 14.2. The number of amides is 1. The lowest BCUT2D eigenvalue weighted by Gasteiger charge is -2.55. The molecule has 0 aromatic rings. The molecular formula is C15H26FN3O. The quantitative estimate of drug-likeness (QED) is 0.730. The third kappa shape index (κ3) is 2.70. The van der Waals surface area contributed by atoms with E-state index in [1.54, 1.807) is 0 Å². The van der Waals surface area contributed by atoms with Crippen LogP contribution < -0.4 is 16.4 Å². The highest BCUT2D eigenvalue weighted by molar-refractivity contribution is 5.87. The Morgan fingerprint density at radius 1 is 1.30 bits per heavy atom. The molecule has 0 bridgehead atoms. The van der Waals surface area contributed by atoms with E-state index in [0.717, 1.165) is 12.8 Å². The van der Waals surface area contributed by atoms with Crippen LogP contribution in [0.15, 0.2) is 0 Å². The molecule has 3 aliphatic rings. The number of nitrogens with two attached hydrogens (primary N) is 1. The van der Waals surface area contributed by atoms with E-state index in [1.807, 2.05) is 0 Å². The summed E-state index contributed by atoms with van der Waals surface area (Å²) in [6.07, 6.45) is 7.71. The molecule has 4 N–H and O–H groups in total. The van der Waals surface area contributed by atoms with Crippen LogP contribution >= 0.6 is 0 Å². The summed E-state index contributed by atoms with van der Waals surface area (Å²) in [5, 5.41) is 5.99. The summed E-state index contributed by atoms with van der Waals surface area (Å²) < 4.78 is 13.0. The first-order valence-electron chi connectivity index (χ1n) is 7.96. The lowest BCUT2D eigenvalue weighted by atomic mass is 9.52. The smallest absolute Gasteiger partial charge is 0.240 e. The third-order valence-electron chi connectivity index (χ3n) is 5.42. The number of alkyl halides is 1. The average Bonchev–Trinajstić information content (AvgIpc) is 2.81. The van der Waals surface area contributed by atoms with Crippen LogP contribution in [0.1, 0.15) is 51.4 Å². The lowest BCUT2D eigenvalue weighted by Crippen LogP contribution is -2.66. The first kappa shape index (κ1) is 14.3. The summed E-state index contributed by atoms with van der Waals surface area (Å²) in [6.45, 7) is 0.891. The first-order valence-corrected chi connectivity index (χ1v) is 7.96. The fourth-order valence-electron chi connectivity index (χ4n) is 4.42. The van der Waals surface area contributed by atoms with Crippen LogP contribution in [-0.2, 0) is 4.79 Å². The van der Waals surface area contributed by atoms with Gasteiger partial charge in [-0.15, -0.1) is 0 Å². The minimum Gasteiger partial charge on any atom is -0.353 e. The van der Waals surface area contributed by atoms with Gasteiger partial charge in [0, 0.05) is 19.1 Å². The molecule has 5 heteroatoms. The summed E-state index contributed by atoms with van der Waals surface area (Å²) in [7, 11) is 0. The highest BCUT2D eigenvalue weighted by atomic mass is 19.1. The van der Waals surface area contributed by atoms with E-state index in [9.17, 15) is 9.18 Å². The Kier molecular flexibility index (Phi) is 3.75. The Hall–Kier alpha value is -0.680. The second-order valence-corrected chi connectivity index (χ2v) is 7.22. The van der Waals surface area contributed by atoms with Crippen molar-refractivity contribution in [2.45, 2.75) is 69.1 Å². The molecule has 0 aromatic heterocycles. The number of carbonyl (C=O) groups is 1. The molecule has 0 aromatic carbocycles. The standard InChI is InChI=1S/C15H26FN3O/c16-11-6-12(18-7-11)8-19-13(20)15(17)9-14(10-15)4-2-1-3-5-14/h11-12,18H,1-10,17H2,(H,19,20)/t11-,12-/m0/s1. The van der Waals surface area contributed by atoms with Gasteiger partial charge < -0.3 is 16.4 Å². The normalized spacial score (nSPS) is 34.7. The highest BCUT2D eigenvalue weighted by Crippen LogP contribution is 2.55. The van der Waals surface area contributed by atoms with E-state index in [-0.39, 0.29) is 11.9 Å². The predicted octanol–water partition coefficient (Wildman–Crippen LogP) is 1.24. The Bertz CT molecular complexity index is 373. The maximum atomic E-state index is 13.0.